The molecule has 0 aliphatic carbocycles. The fraction of sp³-hybridized carbons (Fsp3) is 0.462. The highest BCUT2D eigenvalue weighted by Gasteiger charge is 2.01. The van der Waals surface area contributed by atoms with Gasteiger partial charge in [-0.15, -0.1) is 12.6 Å². The summed E-state index contributed by atoms with van der Waals surface area (Å²) in [4.78, 5) is 2.38. The van der Waals surface area contributed by atoms with Gasteiger partial charge in [-0.3, -0.25) is 0 Å². The van der Waals surface area contributed by atoms with E-state index in [1.165, 1.54) is 25.7 Å². The number of thiocarbonyl (C=S) groups is 1. The summed E-state index contributed by atoms with van der Waals surface area (Å²) in [6, 6.07) is 3.41. The Balaban J connectivity index is 0.000000399. The highest BCUT2D eigenvalue weighted by Crippen LogP contribution is 2.13. The summed E-state index contributed by atoms with van der Waals surface area (Å²) < 4.78 is 25.1. The van der Waals surface area contributed by atoms with E-state index < -0.39 is 11.6 Å². The zero-order chi connectivity index (χ0) is 14.8. The maximum atomic E-state index is 12.5. The van der Waals surface area contributed by atoms with Crippen LogP contribution in [0.15, 0.2) is 18.2 Å². The summed E-state index contributed by atoms with van der Waals surface area (Å²) in [6.45, 7) is 10.1. The van der Waals surface area contributed by atoms with Crippen LogP contribution in [0.3, 0.4) is 0 Å². The summed E-state index contributed by atoms with van der Waals surface area (Å²) >= 11 is 8.36. The van der Waals surface area contributed by atoms with Crippen LogP contribution in [-0.2, 0) is 0 Å². The Hall–Kier alpha value is -0.720. The maximum Gasteiger partial charge on any atom is 0.160 e. The van der Waals surface area contributed by atoms with Gasteiger partial charge in [-0.05, 0) is 31.8 Å². The maximum absolute atomic E-state index is 12.5. The van der Waals surface area contributed by atoms with E-state index in [4.69, 9.17) is 0 Å². The summed E-state index contributed by atoms with van der Waals surface area (Å²) in [6.07, 6.45) is 0. The van der Waals surface area contributed by atoms with Crippen LogP contribution in [0.25, 0.3) is 0 Å². The SMILES string of the molecule is CCN(CC)CC.Fc1ccc(NC(=S)S)cc1F. The molecule has 108 valence electrons. The normalized spacial score (nSPS) is 9.84. The van der Waals surface area contributed by atoms with Crippen molar-refractivity contribution in [2.24, 2.45) is 0 Å². The molecule has 0 aliphatic heterocycles. The molecule has 6 heteroatoms. The van der Waals surface area contributed by atoms with Crippen molar-refractivity contribution in [3.63, 3.8) is 0 Å². The van der Waals surface area contributed by atoms with Gasteiger partial charge >= 0.3 is 0 Å². The van der Waals surface area contributed by atoms with E-state index in [1.807, 2.05) is 0 Å². The Morgan fingerprint density at radius 3 is 2.00 bits per heavy atom. The van der Waals surface area contributed by atoms with Gasteiger partial charge in [0.2, 0.25) is 0 Å². The molecule has 0 spiro atoms. The molecule has 0 aliphatic rings. The number of benzene rings is 1. The first-order valence-electron chi connectivity index (χ1n) is 6.11. The average Bonchev–Trinajstić information content (AvgIpc) is 2.36. The van der Waals surface area contributed by atoms with Crippen LogP contribution < -0.4 is 5.32 Å². The molecule has 2 nitrogen and oxygen atoms in total. The lowest BCUT2D eigenvalue weighted by atomic mass is 10.3. The molecule has 0 atom stereocenters. The van der Waals surface area contributed by atoms with E-state index in [0.717, 1.165) is 12.1 Å². The summed E-state index contributed by atoms with van der Waals surface area (Å²) in [7, 11) is 0. The van der Waals surface area contributed by atoms with Gasteiger partial charge < -0.3 is 10.2 Å². The van der Waals surface area contributed by atoms with Crippen molar-refractivity contribution < 1.29 is 8.78 Å². The van der Waals surface area contributed by atoms with E-state index >= 15 is 0 Å². The van der Waals surface area contributed by atoms with E-state index in [0.29, 0.717) is 5.69 Å². The molecule has 1 aromatic carbocycles. The smallest absolute Gasteiger partial charge is 0.160 e. The standard InChI is InChI=1S/C7H5F2NS2.C6H15N/c8-5-2-1-4(3-6(5)9)10-7(11)12;1-4-7(5-2)6-3/h1-3H,(H2,10,11,12);4-6H2,1-3H3. The Morgan fingerprint density at radius 1 is 1.16 bits per heavy atom. The van der Waals surface area contributed by atoms with Crippen LogP contribution in [0.4, 0.5) is 14.5 Å². The number of rotatable bonds is 4. The monoisotopic (exact) mass is 306 g/mol. The predicted molar refractivity (Wildman–Crippen MR) is 85.0 cm³/mol. The van der Waals surface area contributed by atoms with Crippen LogP contribution in [0, 0.1) is 11.6 Å². The van der Waals surface area contributed by atoms with Gasteiger partial charge in [0.15, 0.2) is 11.6 Å². The largest absolute Gasteiger partial charge is 0.341 e. The lowest BCUT2D eigenvalue weighted by Crippen LogP contribution is -2.21. The first-order valence-corrected chi connectivity index (χ1v) is 6.97. The third kappa shape index (κ3) is 8.13. The first-order chi connectivity index (χ1) is 8.94. The molecular formula is C13H20F2N2S2. The fourth-order valence-corrected chi connectivity index (χ4v) is 1.62. The fourth-order valence-electron chi connectivity index (χ4n) is 1.37. The van der Waals surface area contributed by atoms with Gasteiger partial charge in [0.25, 0.3) is 0 Å². The Morgan fingerprint density at radius 2 is 1.68 bits per heavy atom. The second kappa shape index (κ2) is 10.1. The van der Waals surface area contributed by atoms with E-state index in [2.05, 4.69) is 55.8 Å². The van der Waals surface area contributed by atoms with Crippen molar-refractivity contribution in [3.05, 3.63) is 29.8 Å². The number of thiol groups is 1. The van der Waals surface area contributed by atoms with Crippen molar-refractivity contribution >= 4 is 34.9 Å². The Kier molecular flexibility index (Phi) is 9.73. The molecule has 0 saturated heterocycles. The summed E-state index contributed by atoms with van der Waals surface area (Å²) in [5.74, 6) is -1.80. The summed E-state index contributed by atoms with van der Waals surface area (Å²) in [5.41, 5.74) is 0.383. The highest BCUT2D eigenvalue weighted by atomic mass is 32.1. The topological polar surface area (TPSA) is 15.3 Å². The van der Waals surface area contributed by atoms with Crippen molar-refractivity contribution in [3.8, 4) is 0 Å². The Bertz CT molecular complexity index is 391. The number of halogens is 2. The molecule has 0 heterocycles. The number of nitrogens with one attached hydrogen (secondary N) is 1. The number of hydrogen-bond donors (Lipinski definition) is 2. The van der Waals surface area contributed by atoms with E-state index in [9.17, 15) is 8.78 Å². The van der Waals surface area contributed by atoms with E-state index in [-0.39, 0.29) is 4.32 Å². The lowest BCUT2D eigenvalue weighted by Gasteiger charge is -2.13. The lowest BCUT2D eigenvalue weighted by molar-refractivity contribution is 0.321. The third-order valence-electron chi connectivity index (χ3n) is 2.51. The van der Waals surface area contributed by atoms with Crippen LogP contribution in [0.1, 0.15) is 20.8 Å². The molecule has 1 aromatic rings. The number of nitrogens with zero attached hydrogens (tertiary/aromatic N) is 1. The average molecular weight is 306 g/mol. The van der Waals surface area contributed by atoms with Gasteiger partial charge in [-0.1, -0.05) is 33.0 Å². The minimum atomic E-state index is -0.912. The first kappa shape index (κ1) is 18.3. The zero-order valence-electron chi connectivity index (χ0n) is 11.4. The van der Waals surface area contributed by atoms with Crippen LogP contribution in [0.5, 0.6) is 0 Å². The van der Waals surface area contributed by atoms with Gasteiger partial charge in [0.1, 0.15) is 4.32 Å². The second-order valence-electron chi connectivity index (χ2n) is 3.68. The predicted octanol–water partition coefficient (Wildman–Crippen LogP) is 3.94. The van der Waals surface area contributed by atoms with Crippen molar-refractivity contribution in [1.29, 1.82) is 0 Å². The van der Waals surface area contributed by atoms with Gasteiger partial charge in [0.05, 0.1) is 0 Å². The molecule has 0 bridgehead atoms. The molecule has 1 N–H and O–H groups in total. The molecular weight excluding hydrogens is 286 g/mol. The third-order valence-corrected chi connectivity index (χ3v) is 2.73. The molecule has 0 fully saturated rings. The van der Waals surface area contributed by atoms with Crippen molar-refractivity contribution in [2.75, 3.05) is 25.0 Å². The van der Waals surface area contributed by atoms with Gasteiger partial charge in [0, 0.05) is 11.8 Å². The van der Waals surface area contributed by atoms with Gasteiger partial charge in [-0.2, -0.15) is 0 Å². The second-order valence-corrected chi connectivity index (χ2v) is 4.84. The highest BCUT2D eigenvalue weighted by molar-refractivity contribution is 8.11. The minimum absolute atomic E-state index is 0.209. The number of anilines is 1. The van der Waals surface area contributed by atoms with Crippen LogP contribution in [0.2, 0.25) is 0 Å². The molecule has 1 rings (SSSR count). The van der Waals surface area contributed by atoms with E-state index in [1.54, 1.807) is 0 Å². The molecule has 0 radical (unpaired) electrons. The van der Waals surface area contributed by atoms with Crippen molar-refractivity contribution in [2.45, 2.75) is 20.8 Å². The Labute approximate surface area is 124 Å². The van der Waals surface area contributed by atoms with Crippen molar-refractivity contribution in [1.82, 2.24) is 4.90 Å². The zero-order valence-corrected chi connectivity index (χ0v) is 13.1. The minimum Gasteiger partial charge on any atom is -0.341 e. The molecule has 0 unspecified atom stereocenters. The summed E-state index contributed by atoms with van der Waals surface area (Å²) in [5, 5.41) is 2.56. The van der Waals surface area contributed by atoms with Crippen LogP contribution in [-0.4, -0.2) is 28.9 Å². The molecule has 0 aromatic heterocycles. The van der Waals surface area contributed by atoms with Gasteiger partial charge in [-0.25, -0.2) is 8.78 Å². The van der Waals surface area contributed by atoms with Crippen LogP contribution >= 0.6 is 24.8 Å². The molecule has 19 heavy (non-hydrogen) atoms. The number of hydrogen-bond acceptors (Lipinski definition) is 2. The molecule has 0 saturated carbocycles. The quantitative estimate of drug-likeness (QED) is 0.647. The molecule has 0 amide bonds.